The molecule has 1 amide bonds. The molecule has 1 heterocycles. The number of fused-ring (bicyclic) bond motifs is 1. The summed E-state index contributed by atoms with van der Waals surface area (Å²) in [6.45, 7) is 2.17. The highest BCUT2D eigenvalue weighted by molar-refractivity contribution is 5.83. The number of nitrogens with zero attached hydrogens (tertiary/aromatic N) is 3. The Labute approximate surface area is 99.8 Å². The third kappa shape index (κ3) is 2.08. The van der Waals surface area contributed by atoms with E-state index in [0.717, 1.165) is 22.5 Å². The second-order valence-electron chi connectivity index (χ2n) is 4.21. The van der Waals surface area contributed by atoms with Gasteiger partial charge in [0.15, 0.2) is 0 Å². The monoisotopic (exact) mass is 232 g/mol. The van der Waals surface area contributed by atoms with Gasteiger partial charge >= 0.3 is 0 Å². The van der Waals surface area contributed by atoms with Gasteiger partial charge in [0, 0.05) is 19.8 Å². The Hall–Kier alpha value is -2.04. The van der Waals surface area contributed by atoms with Gasteiger partial charge < -0.3 is 15.2 Å². The lowest BCUT2D eigenvalue weighted by Gasteiger charge is -2.16. The van der Waals surface area contributed by atoms with Crippen molar-refractivity contribution in [3.63, 3.8) is 0 Å². The van der Waals surface area contributed by atoms with Crippen LogP contribution in [0.15, 0.2) is 18.2 Å². The van der Waals surface area contributed by atoms with Crippen LogP contribution in [0.25, 0.3) is 11.0 Å². The molecule has 90 valence electrons. The van der Waals surface area contributed by atoms with Crippen molar-refractivity contribution in [2.24, 2.45) is 12.8 Å². The van der Waals surface area contributed by atoms with Crippen molar-refractivity contribution in [3.8, 4) is 0 Å². The summed E-state index contributed by atoms with van der Waals surface area (Å²) in [4.78, 5) is 17.1. The zero-order valence-electron chi connectivity index (χ0n) is 10.3. The fraction of sp³-hybridized carbons (Fsp3) is 0.333. The molecule has 17 heavy (non-hydrogen) atoms. The number of carbonyl (C=O) groups is 1. The number of nitrogens with two attached hydrogens (primary N) is 1. The Kier molecular flexibility index (Phi) is 2.75. The molecule has 0 aliphatic heterocycles. The van der Waals surface area contributed by atoms with E-state index in [4.69, 9.17) is 5.73 Å². The third-order valence-electron chi connectivity index (χ3n) is 2.92. The fourth-order valence-corrected chi connectivity index (χ4v) is 1.87. The molecule has 2 N–H and O–H groups in total. The molecule has 0 aliphatic rings. The van der Waals surface area contributed by atoms with Crippen LogP contribution in [0, 0.1) is 6.92 Å². The minimum atomic E-state index is -0.343. The summed E-state index contributed by atoms with van der Waals surface area (Å²) in [5.41, 5.74) is 8.12. The van der Waals surface area contributed by atoms with Crippen molar-refractivity contribution >= 4 is 22.6 Å². The van der Waals surface area contributed by atoms with Crippen LogP contribution in [0.4, 0.5) is 5.69 Å². The smallest absolute Gasteiger partial charge is 0.236 e. The molecule has 0 radical (unpaired) electrons. The van der Waals surface area contributed by atoms with Crippen molar-refractivity contribution in [2.45, 2.75) is 6.92 Å². The molecule has 0 saturated carbocycles. The van der Waals surface area contributed by atoms with E-state index >= 15 is 0 Å². The molecular weight excluding hydrogens is 216 g/mol. The van der Waals surface area contributed by atoms with Gasteiger partial charge in [0.05, 0.1) is 17.6 Å². The summed E-state index contributed by atoms with van der Waals surface area (Å²) < 4.78 is 2.03. The number of aryl methyl sites for hydroxylation is 2. The molecule has 0 bridgehead atoms. The highest BCUT2D eigenvalue weighted by Crippen LogP contribution is 2.21. The van der Waals surface area contributed by atoms with Gasteiger partial charge in [-0.15, -0.1) is 0 Å². The van der Waals surface area contributed by atoms with Crippen LogP contribution in [-0.4, -0.2) is 29.1 Å². The summed E-state index contributed by atoms with van der Waals surface area (Å²) in [6.07, 6.45) is 0. The molecule has 0 spiro atoms. The van der Waals surface area contributed by atoms with Gasteiger partial charge in [-0.1, -0.05) is 0 Å². The SMILES string of the molecule is Cc1nc2cc(N(C)CC(N)=O)ccc2n1C. The van der Waals surface area contributed by atoms with Gasteiger partial charge in [0.2, 0.25) is 5.91 Å². The van der Waals surface area contributed by atoms with Crippen LogP contribution >= 0.6 is 0 Å². The molecule has 0 fully saturated rings. The summed E-state index contributed by atoms with van der Waals surface area (Å²) in [5, 5.41) is 0. The summed E-state index contributed by atoms with van der Waals surface area (Å²) in [7, 11) is 3.82. The minimum absolute atomic E-state index is 0.206. The number of amides is 1. The second-order valence-corrected chi connectivity index (χ2v) is 4.21. The zero-order valence-corrected chi connectivity index (χ0v) is 10.3. The first kappa shape index (κ1) is 11.4. The van der Waals surface area contributed by atoms with Gasteiger partial charge in [-0.3, -0.25) is 4.79 Å². The first-order valence-electron chi connectivity index (χ1n) is 5.41. The number of rotatable bonds is 3. The van der Waals surface area contributed by atoms with E-state index in [0.29, 0.717) is 0 Å². The molecule has 1 aromatic heterocycles. The zero-order chi connectivity index (χ0) is 12.6. The van der Waals surface area contributed by atoms with Crippen LogP contribution in [0.5, 0.6) is 0 Å². The van der Waals surface area contributed by atoms with Crippen LogP contribution in [-0.2, 0) is 11.8 Å². The summed E-state index contributed by atoms with van der Waals surface area (Å²) in [6, 6.07) is 5.93. The maximum absolute atomic E-state index is 10.9. The van der Waals surface area contributed by atoms with Crippen LogP contribution in [0.1, 0.15) is 5.82 Å². The van der Waals surface area contributed by atoms with E-state index in [1.165, 1.54) is 0 Å². The Morgan fingerprint density at radius 3 is 2.88 bits per heavy atom. The van der Waals surface area contributed by atoms with E-state index < -0.39 is 0 Å². The van der Waals surface area contributed by atoms with E-state index in [-0.39, 0.29) is 12.5 Å². The van der Waals surface area contributed by atoms with Gasteiger partial charge in [-0.05, 0) is 25.1 Å². The lowest BCUT2D eigenvalue weighted by Crippen LogP contribution is -2.30. The van der Waals surface area contributed by atoms with Crippen LogP contribution < -0.4 is 10.6 Å². The number of carbonyl (C=O) groups excluding carboxylic acids is 1. The molecule has 2 rings (SSSR count). The number of aromatic nitrogens is 2. The molecule has 5 nitrogen and oxygen atoms in total. The number of imidazole rings is 1. The Morgan fingerprint density at radius 1 is 1.53 bits per heavy atom. The minimum Gasteiger partial charge on any atom is -0.368 e. The first-order valence-corrected chi connectivity index (χ1v) is 5.41. The van der Waals surface area contributed by atoms with E-state index in [2.05, 4.69) is 4.98 Å². The number of likely N-dealkylation sites (N-methyl/N-ethyl adjacent to an activating group) is 1. The molecule has 0 saturated heterocycles. The maximum atomic E-state index is 10.9. The Morgan fingerprint density at radius 2 is 2.24 bits per heavy atom. The lowest BCUT2D eigenvalue weighted by atomic mass is 10.2. The average molecular weight is 232 g/mol. The molecular formula is C12H16N4O. The maximum Gasteiger partial charge on any atom is 0.236 e. The number of primary amides is 1. The lowest BCUT2D eigenvalue weighted by molar-refractivity contribution is -0.116. The predicted octanol–water partition coefficient (Wildman–Crippen LogP) is 0.803. The molecule has 0 atom stereocenters. The van der Waals surface area contributed by atoms with Crippen molar-refractivity contribution in [3.05, 3.63) is 24.0 Å². The molecule has 2 aromatic rings. The molecule has 0 unspecified atom stereocenters. The van der Waals surface area contributed by atoms with Gasteiger partial charge in [0.25, 0.3) is 0 Å². The fourth-order valence-electron chi connectivity index (χ4n) is 1.87. The largest absolute Gasteiger partial charge is 0.368 e. The highest BCUT2D eigenvalue weighted by Gasteiger charge is 2.08. The van der Waals surface area contributed by atoms with E-state index in [9.17, 15) is 4.79 Å². The summed E-state index contributed by atoms with van der Waals surface area (Å²) >= 11 is 0. The molecule has 5 heteroatoms. The van der Waals surface area contributed by atoms with Crippen molar-refractivity contribution < 1.29 is 4.79 Å². The third-order valence-corrected chi connectivity index (χ3v) is 2.92. The summed E-state index contributed by atoms with van der Waals surface area (Å²) in [5.74, 6) is 0.625. The molecule has 0 aliphatic carbocycles. The van der Waals surface area contributed by atoms with E-state index in [1.807, 2.05) is 48.7 Å². The van der Waals surface area contributed by atoms with Crippen LogP contribution in [0.3, 0.4) is 0 Å². The van der Waals surface area contributed by atoms with Crippen molar-refractivity contribution in [2.75, 3.05) is 18.5 Å². The quantitative estimate of drug-likeness (QED) is 0.851. The van der Waals surface area contributed by atoms with E-state index in [1.54, 1.807) is 0 Å². The molecule has 1 aromatic carbocycles. The average Bonchev–Trinajstić information content (AvgIpc) is 2.53. The van der Waals surface area contributed by atoms with Crippen molar-refractivity contribution in [1.29, 1.82) is 0 Å². The van der Waals surface area contributed by atoms with Gasteiger partial charge in [-0.25, -0.2) is 4.98 Å². The number of hydrogen-bond donors (Lipinski definition) is 1. The van der Waals surface area contributed by atoms with Crippen molar-refractivity contribution in [1.82, 2.24) is 9.55 Å². The van der Waals surface area contributed by atoms with Crippen LogP contribution in [0.2, 0.25) is 0 Å². The highest BCUT2D eigenvalue weighted by atomic mass is 16.1. The topological polar surface area (TPSA) is 64.2 Å². The number of anilines is 1. The number of benzene rings is 1. The van der Waals surface area contributed by atoms with Gasteiger partial charge in [0.1, 0.15) is 5.82 Å². The Balaban J connectivity index is 2.41. The predicted molar refractivity (Wildman–Crippen MR) is 67.9 cm³/mol. The normalized spacial score (nSPS) is 10.8. The van der Waals surface area contributed by atoms with Gasteiger partial charge in [-0.2, -0.15) is 0 Å². The number of hydrogen-bond acceptors (Lipinski definition) is 3. The Bertz CT molecular complexity index is 573. The first-order chi connectivity index (χ1) is 7.99. The second kappa shape index (κ2) is 4.08. The standard InChI is InChI=1S/C12H16N4O/c1-8-14-10-6-9(15(2)7-12(13)17)4-5-11(10)16(8)3/h4-6H,7H2,1-3H3,(H2,13,17).